The highest BCUT2D eigenvalue weighted by Crippen LogP contribution is 2.62. The lowest BCUT2D eigenvalue weighted by Gasteiger charge is -2.62. The standard InChI is InChI=1S/C23H33FN2O/c1-16(22-11-17-10-18(12-22)14-23(27,13-17)15-22)25-19-6-8-26(9-7-19)21-5-3-2-4-20(21)24/h2-5,16-19,25,27H,6-15H2,1H3. The molecule has 4 aliphatic carbocycles. The summed E-state index contributed by atoms with van der Waals surface area (Å²) < 4.78 is 14.1. The first-order valence-electron chi connectivity index (χ1n) is 10.9. The number of benzene rings is 1. The monoisotopic (exact) mass is 372 g/mol. The van der Waals surface area contributed by atoms with E-state index in [1.54, 1.807) is 12.1 Å². The molecule has 4 heteroatoms. The molecule has 0 amide bonds. The molecule has 6 rings (SSSR count). The predicted octanol–water partition coefficient (Wildman–Crippen LogP) is 4.10. The lowest BCUT2D eigenvalue weighted by Crippen LogP contribution is -2.62. The molecule has 1 aromatic rings. The number of aliphatic hydroxyl groups is 1. The maximum Gasteiger partial charge on any atom is 0.146 e. The van der Waals surface area contributed by atoms with Gasteiger partial charge in [-0.3, -0.25) is 0 Å². The molecule has 27 heavy (non-hydrogen) atoms. The van der Waals surface area contributed by atoms with Gasteiger partial charge in [0.25, 0.3) is 0 Å². The number of nitrogens with zero attached hydrogens (tertiary/aromatic N) is 1. The third-order valence-corrected chi connectivity index (χ3v) is 8.17. The van der Waals surface area contributed by atoms with E-state index < -0.39 is 0 Å². The normalized spacial score (nSPS) is 39.7. The Morgan fingerprint density at radius 2 is 1.78 bits per heavy atom. The molecule has 0 radical (unpaired) electrons. The van der Waals surface area contributed by atoms with Gasteiger partial charge in [-0.15, -0.1) is 0 Å². The third-order valence-electron chi connectivity index (χ3n) is 8.17. The van der Waals surface area contributed by atoms with Gasteiger partial charge >= 0.3 is 0 Å². The van der Waals surface area contributed by atoms with E-state index in [4.69, 9.17) is 0 Å². The van der Waals surface area contributed by atoms with Crippen molar-refractivity contribution in [1.82, 2.24) is 5.32 Å². The fraction of sp³-hybridized carbons (Fsp3) is 0.739. The Bertz CT molecular complexity index is 685. The molecule has 1 aromatic carbocycles. The zero-order chi connectivity index (χ0) is 18.6. The summed E-state index contributed by atoms with van der Waals surface area (Å²) in [5.74, 6) is 1.37. The van der Waals surface area contributed by atoms with Crippen molar-refractivity contribution in [3.8, 4) is 0 Å². The Morgan fingerprint density at radius 1 is 1.11 bits per heavy atom. The van der Waals surface area contributed by atoms with Gasteiger partial charge in [-0.25, -0.2) is 4.39 Å². The molecule has 3 nitrogen and oxygen atoms in total. The van der Waals surface area contributed by atoms with Crippen LogP contribution in [0, 0.1) is 23.1 Å². The van der Waals surface area contributed by atoms with Crippen molar-refractivity contribution < 1.29 is 9.50 Å². The van der Waals surface area contributed by atoms with Gasteiger partial charge in [0.15, 0.2) is 0 Å². The number of nitrogens with one attached hydrogen (secondary N) is 1. The number of hydrogen-bond donors (Lipinski definition) is 2. The minimum atomic E-state index is -0.381. The lowest BCUT2D eigenvalue weighted by atomic mass is 9.46. The van der Waals surface area contributed by atoms with Crippen LogP contribution in [0.2, 0.25) is 0 Å². The average molecular weight is 373 g/mol. The Hall–Kier alpha value is -1.13. The number of halogens is 1. The van der Waals surface area contributed by atoms with Crippen LogP contribution in [0.1, 0.15) is 58.3 Å². The molecular formula is C23H33FN2O. The zero-order valence-electron chi connectivity index (χ0n) is 16.5. The maximum absolute atomic E-state index is 14.1. The average Bonchev–Trinajstić information content (AvgIpc) is 2.61. The Morgan fingerprint density at radius 3 is 2.41 bits per heavy atom. The number of para-hydroxylation sites is 1. The van der Waals surface area contributed by atoms with E-state index >= 15 is 0 Å². The molecule has 5 aliphatic rings. The largest absolute Gasteiger partial charge is 0.390 e. The van der Waals surface area contributed by atoms with Crippen molar-refractivity contribution in [3.63, 3.8) is 0 Å². The van der Waals surface area contributed by atoms with Gasteiger partial charge in [0.05, 0.1) is 11.3 Å². The number of rotatable bonds is 4. The molecule has 1 heterocycles. The van der Waals surface area contributed by atoms with E-state index in [-0.39, 0.29) is 11.4 Å². The SMILES string of the molecule is CC(NC1CCN(c2ccccc2F)CC1)C12CC3CC(CC(O)(C3)C1)C2. The second-order valence-electron chi connectivity index (χ2n) is 10.1. The summed E-state index contributed by atoms with van der Waals surface area (Å²) in [7, 11) is 0. The first-order chi connectivity index (χ1) is 12.9. The minimum Gasteiger partial charge on any atom is -0.390 e. The fourth-order valence-electron chi connectivity index (χ4n) is 7.32. The van der Waals surface area contributed by atoms with Crippen LogP contribution < -0.4 is 10.2 Å². The van der Waals surface area contributed by atoms with Crippen LogP contribution in [0.5, 0.6) is 0 Å². The molecule has 1 saturated heterocycles. The van der Waals surface area contributed by atoms with Gasteiger partial charge in [-0.2, -0.15) is 0 Å². The van der Waals surface area contributed by atoms with Crippen molar-refractivity contribution in [2.75, 3.05) is 18.0 Å². The van der Waals surface area contributed by atoms with E-state index in [2.05, 4.69) is 17.1 Å². The van der Waals surface area contributed by atoms with Crippen LogP contribution in [0.4, 0.5) is 10.1 Å². The first-order valence-corrected chi connectivity index (χ1v) is 10.9. The second kappa shape index (κ2) is 6.45. The van der Waals surface area contributed by atoms with Gasteiger partial charge < -0.3 is 15.3 Å². The highest BCUT2D eigenvalue weighted by molar-refractivity contribution is 5.47. The van der Waals surface area contributed by atoms with Crippen LogP contribution in [0.3, 0.4) is 0 Å². The summed E-state index contributed by atoms with van der Waals surface area (Å²) >= 11 is 0. The number of hydrogen-bond acceptors (Lipinski definition) is 3. The summed E-state index contributed by atoms with van der Waals surface area (Å²) in [6, 6.07) is 8.09. The Kier molecular flexibility index (Phi) is 4.28. The van der Waals surface area contributed by atoms with E-state index in [0.717, 1.165) is 62.7 Å². The van der Waals surface area contributed by atoms with Gasteiger partial charge in [0.2, 0.25) is 0 Å². The Balaban J connectivity index is 1.22. The highest BCUT2D eigenvalue weighted by Gasteiger charge is 2.58. The molecule has 3 atom stereocenters. The smallest absolute Gasteiger partial charge is 0.146 e. The highest BCUT2D eigenvalue weighted by atomic mass is 19.1. The summed E-state index contributed by atoms with van der Waals surface area (Å²) in [6.07, 6.45) is 9.14. The van der Waals surface area contributed by atoms with E-state index in [1.807, 2.05) is 12.1 Å². The molecule has 3 unspecified atom stereocenters. The van der Waals surface area contributed by atoms with Gasteiger partial charge in [-0.05, 0) is 87.7 Å². The molecule has 0 spiro atoms. The quantitative estimate of drug-likeness (QED) is 0.835. The van der Waals surface area contributed by atoms with Crippen LogP contribution in [-0.4, -0.2) is 35.9 Å². The topological polar surface area (TPSA) is 35.5 Å². The second-order valence-corrected chi connectivity index (χ2v) is 10.1. The number of anilines is 1. The molecule has 5 fully saturated rings. The molecule has 4 bridgehead atoms. The van der Waals surface area contributed by atoms with E-state index in [0.29, 0.717) is 17.5 Å². The molecular weight excluding hydrogens is 339 g/mol. The minimum absolute atomic E-state index is 0.112. The maximum atomic E-state index is 14.1. The van der Waals surface area contributed by atoms with Gasteiger partial charge in [0, 0.05) is 25.2 Å². The van der Waals surface area contributed by atoms with E-state index in [9.17, 15) is 9.50 Å². The van der Waals surface area contributed by atoms with E-state index in [1.165, 1.54) is 19.3 Å². The van der Waals surface area contributed by atoms with Crippen molar-refractivity contribution in [2.45, 2.75) is 76.0 Å². The molecule has 2 N–H and O–H groups in total. The molecule has 148 valence electrons. The van der Waals surface area contributed by atoms with Crippen LogP contribution in [0.15, 0.2) is 24.3 Å². The van der Waals surface area contributed by atoms with Gasteiger partial charge in [0.1, 0.15) is 5.82 Å². The molecule has 1 aliphatic heterocycles. The zero-order valence-corrected chi connectivity index (χ0v) is 16.5. The summed E-state index contributed by atoms with van der Waals surface area (Å²) in [4.78, 5) is 2.19. The lowest BCUT2D eigenvalue weighted by molar-refractivity contribution is -0.172. The predicted molar refractivity (Wildman–Crippen MR) is 106 cm³/mol. The van der Waals surface area contributed by atoms with Crippen LogP contribution in [-0.2, 0) is 0 Å². The van der Waals surface area contributed by atoms with Crippen LogP contribution in [0.25, 0.3) is 0 Å². The van der Waals surface area contributed by atoms with Gasteiger partial charge in [-0.1, -0.05) is 12.1 Å². The van der Waals surface area contributed by atoms with Crippen molar-refractivity contribution in [2.24, 2.45) is 17.3 Å². The first kappa shape index (κ1) is 17.9. The van der Waals surface area contributed by atoms with Crippen molar-refractivity contribution in [1.29, 1.82) is 0 Å². The summed E-state index contributed by atoms with van der Waals surface area (Å²) in [5, 5.41) is 15.0. The van der Waals surface area contributed by atoms with Crippen molar-refractivity contribution in [3.05, 3.63) is 30.1 Å². The molecule has 4 saturated carbocycles. The summed E-state index contributed by atoms with van der Waals surface area (Å²) in [5.41, 5.74) is 0.655. The fourth-order valence-corrected chi connectivity index (χ4v) is 7.32. The Labute approximate surface area is 162 Å². The molecule has 0 aromatic heterocycles. The number of piperidine rings is 1. The third kappa shape index (κ3) is 3.19. The van der Waals surface area contributed by atoms with Crippen molar-refractivity contribution >= 4 is 5.69 Å². The summed E-state index contributed by atoms with van der Waals surface area (Å²) in [6.45, 7) is 4.18. The van der Waals surface area contributed by atoms with Crippen LogP contribution >= 0.6 is 0 Å².